The molecule has 0 spiro atoms. The fraction of sp³-hybridized carbons (Fsp3) is 0.786. The van der Waals surface area contributed by atoms with E-state index in [2.05, 4.69) is 18.4 Å². The van der Waals surface area contributed by atoms with Crippen LogP contribution in [-0.4, -0.2) is 22.9 Å². The van der Waals surface area contributed by atoms with E-state index in [0.29, 0.717) is 6.42 Å². The number of hydrogen-bond donors (Lipinski definition) is 3. The van der Waals surface area contributed by atoms with Crippen LogP contribution in [-0.2, 0) is 14.4 Å². The first-order chi connectivity index (χ1) is 9.41. The van der Waals surface area contributed by atoms with E-state index in [4.69, 9.17) is 5.11 Å². The highest BCUT2D eigenvalue weighted by Gasteiger charge is 1.97. The zero-order chi connectivity index (χ0) is 15.8. The Bertz CT molecular complexity index is 268. The van der Waals surface area contributed by atoms with E-state index in [1.54, 1.807) is 0 Å². The van der Waals surface area contributed by atoms with Gasteiger partial charge in [0.15, 0.2) is 0 Å². The lowest BCUT2D eigenvalue weighted by Gasteiger charge is -2.00. The third kappa shape index (κ3) is 21.7. The normalized spacial score (nSPS) is 9.45. The Morgan fingerprint density at radius 3 is 1.40 bits per heavy atom. The maximum Gasteiger partial charge on any atom is 0.306 e. The molecule has 0 atom stereocenters. The van der Waals surface area contributed by atoms with Gasteiger partial charge >= 0.3 is 17.8 Å². The molecule has 20 heavy (non-hydrogen) atoms. The number of unbranched alkanes of at least 4 members (excludes halogenated alkanes) is 8. The lowest BCUT2D eigenvalue weighted by Crippen LogP contribution is -2.29. The van der Waals surface area contributed by atoms with Crippen molar-refractivity contribution >= 4 is 17.8 Å². The van der Waals surface area contributed by atoms with Crippen molar-refractivity contribution in [1.82, 2.24) is 0 Å². The van der Waals surface area contributed by atoms with Gasteiger partial charge in [-0.1, -0.05) is 58.3 Å². The fourth-order valence-electron chi connectivity index (χ4n) is 1.59. The number of primary amides is 2. The summed E-state index contributed by atoms with van der Waals surface area (Å²) in [5.41, 5.74) is 8.64. The van der Waals surface area contributed by atoms with Crippen LogP contribution in [0.2, 0.25) is 0 Å². The molecular formula is C14H28N2O4. The van der Waals surface area contributed by atoms with Crippen LogP contribution >= 0.6 is 0 Å². The zero-order valence-electron chi connectivity index (χ0n) is 12.4. The van der Waals surface area contributed by atoms with Crippen molar-refractivity contribution < 1.29 is 19.5 Å². The Kier molecular flexibility index (Phi) is 16.0. The molecule has 0 fully saturated rings. The Morgan fingerprint density at radius 2 is 1.10 bits per heavy atom. The number of nitrogens with two attached hydrogens (primary N) is 2. The number of carboxylic acid groups (broad SMARTS) is 1. The molecule has 0 aromatic carbocycles. The summed E-state index contributed by atoms with van der Waals surface area (Å²) in [6, 6.07) is 0. The number of carbonyl (C=O) groups excluding carboxylic acids is 2. The van der Waals surface area contributed by atoms with Crippen LogP contribution < -0.4 is 11.5 Å². The minimum atomic E-state index is -1.10. The van der Waals surface area contributed by atoms with Crippen LogP contribution in [0.4, 0.5) is 0 Å². The minimum Gasteiger partial charge on any atom is -0.481 e. The van der Waals surface area contributed by atoms with Crippen LogP contribution in [0.1, 0.15) is 71.1 Å². The molecule has 2 amide bonds. The summed E-state index contributed by atoms with van der Waals surface area (Å²) in [6.45, 7) is 2.23. The smallest absolute Gasteiger partial charge is 0.306 e. The van der Waals surface area contributed by atoms with Gasteiger partial charge in [-0.15, -0.1) is 0 Å². The van der Waals surface area contributed by atoms with Gasteiger partial charge in [-0.25, -0.2) is 0 Å². The number of carbonyl (C=O) groups is 3. The van der Waals surface area contributed by atoms with E-state index in [-0.39, 0.29) is 0 Å². The number of hydrogen-bond acceptors (Lipinski definition) is 3. The molecule has 0 aliphatic carbocycles. The molecule has 0 saturated heterocycles. The Balaban J connectivity index is 0. The maximum atomic E-state index is 10.2. The first-order valence-corrected chi connectivity index (χ1v) is 7.22. The molecule has 0 aliphatic rings. The highest BCUT2D eigenvalue weighted by molar-refractivity contribution is 6.33. The fourth-order valence-corrected chi connectivity index (χ4v) is 1.59. The molecule has 0 radical (unpaired) electrons. The quantitative estimate of drug-likeness (QED) is 0.420. The van der Waals surface area contributed by atoms with Gasteiger partial charge in [0.1, 0.15) is 0 Å². The molecule has 5 N–H and O–H groups in total. The summed E-state index contributed by atoms with van der Waals surface area (Å²) in [7, 11) is 0. The van der Waals surface area contributed by atoms with Crippen LogP contribution in [0.5, 0.6) is 0 Å². The van der Waals surface area contributed by atoms with Crippen LogP contribution in [0.15, 0.2) is 0 Å². The predicted molar refractivity (Wildman–Crippen MR) is 77.9 cm³/mol. The maximum absolute atomic E-state index is 10.2. The van der Waals surface area contributed by atoms with Crippen LogP contribution in [0, 0.1) is 0 Å². The van der Waals surface area contributed by atoms with Gasteiger partial charge in [0, 0.05) is 6.42 Å². The number of carboxylic acids is 1. The van der Waals surface area contributed by atoms with Gasteiger partial charge in [-0.05, 0) is 6.42 Å². The van der Waals surface area contributed by atoms with Crippen molar-refractivity contribution in [3.63, 3.8) is 0 Å². The van der Waals surface area contributed by atoms with Crippen molar-refractivity contribution in [1.29, 1.82) is 0 Å². The third-order valence-corrected chi connectivity index (χ3v) is 2.74. The zero-order valence-corrected chi connectivity index (χ0v) is 12.4. The van der Waals surface area contributed by atoms with Crippen molar-refractivity contribution in [3.05, 3.63) is 0 Å². The van der Waals surface area contributed by atoms with Crippen molar-refractivity contribution in [3.8, 4) is 0 Å². The van der Waals surface area contributed by atoms with Gasteiger partial charge in [-0.2, -0.15) is 0 Å². The monoisotopic (exact) mass is 288 g/mol. The lowest BCUT2D eigenvalue weighted by molar-refractivity contribution is -0.137. The van der Waals surface area contributed by atoms with Gasteiger partial charge in [-0.3, -0.25) is 14.4 Å². The molecule has 0 unspecified atom stereocenters. The molecular weight excluding hydrogens is 260 g/mol. The van der Waals surface area contributed by atoms with Gasteiger partial charge in [0.25, 0.3) is 0 Å². The second-order valence-electron chi connectivity index (χ2n) is 4.70. The lowest BCUT2D eigenvalue weighted by atomic mass is 10.1. The van der Waals surface area contributed by atoms with Crippen molar-refractivity contribution in [2.75, 3.05) is 0 Å². The first-order valence-electron chi connectivity index (χ1n) is 7.22. The summed E-state index contributed by atoms with van der Waals surface area (Å²) in [5, 5.41) is 8.41. The van der Waals surface area contributed by atoms with Crippen molar-refractivity contribution in [2.45, 2.75) is 71.1 Å². The largest absolute Gasteiger partial charge is 0.481 e. The predicted octanol–water partition coefficient (Wildman–Crippen LogP) is 1.95. The Morgan fingerprint density at radius 1 is 0.750 bits per heavy atom. The molecule has 6 heteroatoms. The minimum absolute atomic E-state index is 0.343. The van der Waals surface area contributed by atoms with E-state index in [1.807, 2.05) is 0 Å². The standard InChI is InChI=1S/C12H24O2.C2H4N2O2/c1-2-3-4-5-6-7-8-9-10-11-12(13)14;3-1(5)2(4)6/h2-11H2,1H3,(H,13,14);(H2,3,5)(H2,4,6). The van der Waals surface area contributed by atoms with E-state index in [9.17, 15) is 14.4 Å². The number of rotatable bonds is 10. The molecule has 0 aromatic heterocycles. The Labute approximate surface area is 120 Å². The molecule has 0 saturated carbocycles. The summed E-state index contributed by atoms with van der Waals surface area (Å²) in [6.07, 6.45) is 11.5. The highest BCUT2D eigenvalue weighted by Crippen LogP contribution is 2.10. The average molecular weight is 288 g/mol. The second-order valence-corrected chi connectivity index (χ2v) is 4.70. The molecule has 0 aromatic rings. The van der Waals surface area contributed by atoms with E-state index in [1.165, 1.54) is 44.9 Å². The molecule has 118 valence electrons. The number of amides is 2. The summed E-state index contributed by atoms with van der Waals surface area (Å²) >= 11 is 0. The number of aliphatic carboxylic acids is 1. The summed E-state index contributed by atoms with van der Waals surface area (Å²) < 4.78 is 0. The van der Waals surface area contributed by atoms with Gasteiger partial charge in [0.05, 0.1) is 0 Å². The van der Waals surface area contributed by atoms with Crippen LogP contribution in [0.3, 0.4) is 0 Å². The summed E-state index contributed by atoms with van der Waals surface area (Å²) in [5.74, 6) is -2.86. The topological polar surface area (TPSA) is 123 Å². The Hall–Kier alpha value is -1.59. The molecule has 6 nitrogen and oxygen atoms in total. The van der Waals surface area contributed by atoms with Gasteiger partial charge < -0.3 is 16.6 Å². The highest BCUT2D eigenvalue weighted by atomic mass is 16.4. The SMILES string of the molecule is CCCCCCCCCCCC(=O)O.NC(=O)C(N)=O. The van der Waals surface area contributed by atoms with Gasteiger partial charge in [0.2, 0.25) is 0 Å². The molecule has 0 heterocycles. The van der Waals surface area contributed by atoms with E-state index in [0.717, 1.165) is 12.8 Å². The molecule has 0 bridgehead atoms. The van der Waals surface area contributed by atoms with E-state index >= 15 is 0 Å². The molecule has 0 aliphatic heterocycles. The van der Waals surface area contributed by atoms with Crippen LogP contribution in [0.25, 0.3) is 0 Å². The van der Waals surface area contributed by atoms with Crippen molar-refractivity contribution in [2.24, 2.45) is 11.5 Å². The third-order valence-electron chi connectivity index (χ3n) is 2.74. The van der Waals surface area contributed by atoms with E-state index < -0.39 is 17.8 Å². The first kappa shape index (κ1) is 20.7. The molecule has 0 rings (SSSR count). The summed E-state index contributed by atoms with van der Waals surface area (Å²) in [4.78, 5) is 29.1. The second kappa shape index (κ2) is 15.5. The average Bonchev–Trinajstić information content (AvgIpc) is 2.37.